The summed E-state index contributed by atoms with van der Waals surface area (Å²) in [7, 11) is 0. The summed E-state index contributed by atoms with van der Waals surface area (Å²) >= 11 is -1.78. The lowest BCUT2D eigenvalue weighted by Crippen LogP contribution is -2.04. The number of benzene rings is 2. The van der Waals surface area contributed by atoms with E-state index < -0.39 is 11.1 Å². The third-order valence-corrected chi connectivity index (χ3v) is 3.02. The van der Waals surface area contributed by atoms with E-state index in [1.807, 2.05) is 6.07 Å². The van der Waals surface area contributed by atoms with Crippen molar-refractivity contribution in [1.82, 2.24) is 0 Å². The first-order chi connectivity index (χ1) is 8.66. The van der Waals surface area contributed by atoms with Gasteiger partial charge in [0.05, 0.1) is 10.6 Å². The molecule has 3 N–H and O–H groups in total. The fourth-order valence-corrected chi connectivity index (χ4v) is 1.90. The standard InChI is InChI=1S/C12H11NO4S/c14-11-7-6-10(8-12(11)15)18(16)17-13-9-4-2-1-3-5-9/h1-8,13-15H. The van der Waals surface area contributed by atoms with Crippen LogP contribution in [-0.4, -0.2) is 14.4 Å². The van der Waals surface area contributed by atoms with Crippen LogP contribution < -0.4 is 5.48 Å². The summed E-state index contributed by atoms with van der Waals surface area (Å²) in [6, 6.07) is 12.8. The van der Waals surface area contributed by atoms with Crippen LogP contribution in [0, 0.1) is 0 Å². The summed E-state index contributed by atoms with van der Waals surface area (Å²) in [4.78, 5) is 0.244. The first-order valence-electron chi connectivity index (χ1n) is 5.09. The summed E-state index contributed by atoms with van der Waals surface area (Å²) in [6.07, 6.45) is 0. The van der Waals surface area contributed by atoms with Crippen molar-refractivity contribution < 1.29 is 18.7 Å². The van der Waals surface area contributed by atoms with Crippen molar-refractivity contribution in [3.05, 3.63) is 48.5 Å². The first-order valence-corrected chi connectivity index (χ1v) is 6.16. The molecule has 6 heteroatoms. The van der Waals surface area contributed by atoms with Crippen LogP contribution in [0.3, 0.4) is 0 Å². The van der Waals surface area contributed by atoms with Crippen molar-refractivity contribution in [3.8, 4) is 11.5 Å². The van der Waals surface area contributed by atoms with Gasteiger partial charge in [-0.2, -0.15) is 4.28 Å². The molecule has 0 aliphatic rings. The molecule has 0 radical (unpaired) electrons. The zero-order valence-corrected chi connectivity index (χ0v) is 10.1. The van der Waals surface area contributed by atoms with Gasteiger partial charge in [0.25, 0.3) is 0 Å². The topological polar surface area (TPSA) is 78.8 Å². The van der Waals surface area contributed by atoms with Gasteiger partial charge in [-0.25, -0.2) is 4.21 Å². The lowest BCUT2D eigenvalue weighted by Gasteiger charge is -2.06. The maximum atomic E-state index is 11.7. The number of hydrogen-bond donors (Lipinski definition) is 3. The van der Waals surface area contributed by atoms with E-state index in [-0.39, 0.29) is 16.4 Å². The molecular formula is C12H11NO4S. The molecule has 0 saturated carbocycles. The molecule has 0 heterocycles. The minimum absolute atomic E-state index is 0.244. The van der Waals surface area contributed by atoms with Crippen LogP contribution in [0.2, 0.25) is 0 Å². The van der Waals surface area contributed by atoms with E-state index in [1.54, 1.807) is 24.3 Å². The average molecular weight is 265 g/mol. The van der Waals surface area contributed by atoms with E-state index in [4.69, 9.17) is 9.39 Å². The number of phenols is 2. The lowest BCUT2D eigenvalue weighted by atomic mass is 10.3. The van der Waals surface area contributed by atoms with E-state index >= 15 is 0 Å². The number of aromatic hydroxyl groups is 2. The molecule has 1 atom stereocenters. The highest BCUT2D eigenvalue weighted by atomic mass is 32.2. The smallest absolute Gasteiger partial charge is 0.212 e. The molecule has 0 amide bonds. The number of hydrogen-bond acceptors (Lipinski definition) is 5. The number of anilines is 1. The summed E-state index contributed by atoms with van der Waals surface area (Å²) in [5, 5.41) is 18.4. The van der Waals surface area contributed by atoms with Crippen LogP contribution in [-0.2, 0) is 15.4 Å². The second-order valence-corrected chi connectivity index (χ2v) is 4.54. The molecule has 18 heavy (non-hydrogen) atoms. The van der Waals surface area contributed by atoms with Gasteiger partial charge in [0.2, 0.25) is 11.1 Å². The number of para-hydroxylation sites is 1. The fourth-order valence-electron chi connectivity index (χ4n) is 1.25. The number of rotatable bonds is 4. The van der Waals surface area contributed by atoms with Crippen molar-refractivity contribution in [2.45, 2.75) is 4.90 Å². The quantitative estimate of drug-likeness (QED) is 0.583. The average Bonchev–Trinajstić information content (AvgIpc) is 2.40. The van der Waals surface area contributed by atoms with E-state index in [0.29, 0.717) is 5.69 Å². The van der Waals surface area contributed by atoms with E-state index in [1.165, 1.54) is 18.2 Å². The molecule has 0 bridgehead atoms. The van der Waals surface area contributed by atoms with Crippen molar-refractivity contribution >= 4 is 16.8 Å². The van der Waals surface area contributed by atoms with Crippen LogP contribution in [0.4, 0.5) is 5.69 Å². The largest absolute Gasteiger partial charge is 0.504 e. The molecule has 2 aromatic rings. The molecule has 0 aromatic heterocycles. The molecule has 2 aromatic carbocycles. The number of phenolic OH excluding ortho intramolecular Hbond substituents is 2. The fraction of sp³-hybridized carbons (Fsp3) is 0. The minimum atomic E-state index is -1.78. The third-order valence-electron chi connectivity index (χ3n) is 2.15. The van der Waals surface area contributed by atoms with Gasteiger partial charge in [-0.1, -0.05) is 18.2 Å². The third kappa shape index (κ3) is 2.99. The second-order valence-electron chi connectivity index (χ2n) is 3.44. The van der Waals surface area contributed by atoms with Gasteiger partial charge < -0.3 is 10.2 Å². The van der Waals surface area contributed by atoms with Crippen LogP contribution >= 0.6 is 0 Å². The van der Waals surface area contributed by atoms with Crippen molar-refractivity contribution in [1.29, 1.82) is 0 Å². The molecule has 94 valence electrons. The SMILES string of the molecule is O=S(ONc1ccccc1)c1ccc(O)c(O)c1. The normalized spacial score (nSPS) is 12.0. The Labute approximate surface area is 106 Å². The Morgan fingerprint density at radius 3 is 2.39 bits per heavy atom. The van der Waals surface area contributed by atoms with Gasteiger partial charge in [0, 0.05) is 6.07 Å². The van der Waals surface area contributed by atoms with Gasteiger partial charge in [0.15, 0.2) is 11.5 Å². The summed E-state index contributed by atoms with van der Waals surface area (Å²) in [6.45, 7) is 0. The van der Waals surface area contributed by atoms with Crippen LogP contribution in [0.1, 0.15) is 0 Å². The van der Waals surface area contributed by atoms with Gasteiger partial charge in [-0.3, -0.25) is 5.48 Å². The maximum absolute atomic E-state index is 11.7. The Morgan fingerprint density at radius 1 is 1.00 bits per heavy atom. The van der Waals surface area contributed by atoms with Crippen molar-refractivity contribution in [2.24, 2.45) is 0 Å². The van der Waals surface area contributed by atoms with Gasteiger partial charge in [-0.05, 0) is 24.3 Å². The molecule has 0 saturated heterocycles. The van der Waals surface area contributed by atoms with Gasteiger partial charge in [0.1, 0.15) is 0 Å². The molecule has 1 unspecified atom stereocenters. The molecule has 0 fully saturated rings. The predicted molar refractivity (Wildman–Crippen MR) is 67.3 cm³/mol. The van der Waals surface area contributed by atoms with E-state index in [0.717, 1.165) is 0 Å². The Morgan fingerprint density at radius 2 is 1.72 bits per heavy atom. The predicted octanol–water partition coefficient (Wildman–Crippen LogP) is 2.16. The Balaban J connectivity index is 2.02. The highest BCUT2D eigenvalue weighted by Gasteiger charge is 2.08. The highest BCUT2D eigenvalue weighted by molar-refractivity contribution is 7.80. The zero-order chi connectivity index (χ0) is 13.0. The number of nitrogens with one attached hydrogen (secondary N) is 1. The Bertz CT molecular complexity index is 559. The van der Waals surface area contributed by atoms with Gasteiger partial charge >= 0.3 is 0 Å². The molecular weight excluding hydrogens is 254 g/mol. The molecule has 0 spiro atoms. The first kappa shape index (κ1) is 12.4. The monoisotopic (exact) mass is 265 g/mol. The van der Waals surface area contributed by atoms with Crippen LogP contribution in [0.25, 0.3) is 0 Å². The van der Waals surface area contributed by atoms with Crippen molar-refractivity contribution in [3.63, 3.8) is 0 Å². The molecule has 5 nitrogen and oxygen atoms in total. The van der Waals surface area contributed by atoms with E-state index in [2.05, 4.69) is 5.48 Å². The highest BCUT2D eigenvalue weighted by Crippen LogP contribution is 2.26. The van der Waals surface area contributed by atoms with E-state index in [9.17, 15) is 9.32 Å². The van der Waals surface area contributed by atoms with Crippen molar-refractivity contribution in [2.75, 3.05) is 5.48 Å². The minimum Gasteiger partial charge on any atom is -0.504 e. The molecule has 0 aliphatic heterocycles. The Kier molecular flexibility index (Phi) is 3.81. The summed E-state index contributed by atoms with van der Waals surface area (Å²) in [5.74, 6) is -0.615. The lowest BCUT2D eigenvalue weighted by molar-refractivity contribution is 0.401. The molecule has 0 aliphatic carbocycles. The van der Waals surface area contributed by atoms with Crippen LogP contribution in [0.5, 0.6) is 11.5 Å². The van der Waals surface area contributed by atoms with Gasteiger partial charge in [-0.15, -0.1) is 0 Å². The maximum Gasteiger partial charge on any atom is 0.212 e. The van der Waals surface area contributed by atoms with Crippen LogP contribution in [0.15, 0.2) is 53.4 Å². The second kappa shape index (κ2) is 5.52. The Hall–Kier alpha value is -2.05. The zero-order valence-electron chi connectivity index (χ0n) is 9.24. The summed E-state index contributed by atoms with van der Waals surface area (Å²) < 4.78 is 16.7. The molecule has 2 rings (SSSR count). The summed E-state index contributed by atoms with van der Waals surface area (Å²) in [5.41, 5.74) is 3.19.